The molecular formula is C20H22N2O3. The van der Waals surface area contributed by atoms with Gasteiger partial charge in [-0.25, -0.2) is 5.43 Å². The molecule has 0 aromatic heterocycles. The Labute approximate surface area is 147 Å². The Hall–Kier alpha value is -2.66. The van der Waals surface area contributed by atoms with Crippen molar-refractivity contribution >= 4 is 11.9 Å². The zero-order valence-corrected chi connectivity index (χ0v) is 14.3. The predicted molar refractivity (Wildman–Crippen MR) is 94.4 cm³/mol. The molecule has 0 saturated carbocycles. The zero-order valence-electron chi connectivity index (χ0n) is 14.3. The molecule has 1 aliphatic heterocycles. The summed E-state index contributed by atoms with van der Waals surface area (Å²) >= 11 is 0. The molecule has 1 fully saturated rings. The van der Waals surface area contributed by atoms with Crippen LogP contribution in [-0.2, 0) is 14.3 Å². The molecule has 5 heteroatoms. The number of amides is 1. The van der Waals surface area contributed by atoms with Crippen molar-refractivity contribution < 1.29 is 14.3 Å². The van der Waals surface area contributed by atoms with E-state index in [2.05, 4.69) is 10.9 Å². The summed E-state index contributed by atoms with van der Waals surface area (Å²) in [4.78, 5) is 25.2. The quantitative estimate of drug-likeness (QED) is 0.664. The van der Waals surface area contributed by atoms with E-state index >= 15 is 0 Å². The number of esters is 1. The van der Waals surface area contributed by atoms with Gasteiger partial charge in [0.1, 0.15) is 5.92 Å². The third-order valence-corrected chi connectivity index (χ3v) is 4.30. The van der Waals surface area contributed by atoms with Gasteiger partial charge in [0.25, 0.3) is 0 Å². The van der Waals surface area contributed by atoms with Crippen LogP contribution >= 0.6 is 0 Å². The average Bonchev–Trinajstić information content (AvgIpc) is 2.62. The van der Waals surface area contributed by atoms with Gasteiger partial charge >= 0.3 is 5.97 Å². The molecule has 0 bridgehead atoms. The van der Waals surface area contributed by atoms with Gasteiger partial charge in [0.2, 0.25) is 5.91 Å². The highest BCUT2D eigenvalue weighted by atomic mass is 16.5. The minimum absolute atomic E-state index is 0.231. The minimum Gasteiger partial charge on any atom is -0.462 e. The second-order valence-corrected chi connectivity index (χ2v) is 6.42. The summed E-state index contributed by atoms with van der Waals surface area (Å²) in [5.41, 5.74) is 7.63. The first kappa shape index (κ1) is 17.2. The second kappa shape index (κ2) is 7.49. The van der Waals surface area contributed by atoms with E-state index in [1.807, 2.05) is 60.7 Å². The summed E-state index contributed by atoms with van der Waals surface area (Å²) in [6.45, 7) is 3.56. The summed E-state index contributed by atoms with van der Waals surface area (Å²) in [6.07, 6.45) is -0.276. The van der Waals surface area contributed by atoms with Crippen molar-refractivity contribution in [3.63, 3.8) is 0 Å². The lowest BCUT2D eigenvalue weighted by atomic mass is 9.76. The Balaban J connectivity index is 2.04. The summed E-state index contributed by atoms with van der Waals surface area (Å²) in [5.74, 6) is -2.13. The van der Waals surface area contributed by atoms with Gasteiger partial charge in [0.15, 0.2) is 0 Å². The smallest absolute Gasteiger partial charge is 0.319 e. The largest absolute Gasteiger partial charge is 0.462 e. The maximum absolute atomic E-state index is 12.7. The Morgan fingerprint density at radius 3 is 2.08 bits per heavy atom. The maximum Gasteiger partial charge on any atom is 0.319 e. The van der Waals surface area contributed by atoms with Crippen LogP contribution in [0.3, 0.4) is 0 Å². The molecular weight excluding hydrogens is 316 g/mol. The number of hydrogen-bond donors (Lipinski definition) is 2. The fourth-order valence-electron chi connectivity index (χ4n) is 3.24. The molecule has 0 aliphatic carbocycles. The van der Waals surface area contributed by atoms with Crippen LogP contribution in [0.2, 0.25) is 0 Å². The maximum atomic E-state index is 12.7. The van der Waals surface area contributed by atoms with E-state index in [1.165, 1.54) is 0 Å². The molecule has 3 rings (SSSR count). The van der Waals surface area contributed by atoms with Gasteiger partial charge in [-0.2, -0.15) is 0 Å². The van der Waals surface area contributed by atoms with Crippen LogP contribution in [0.25, 0.3) is 0 Å². The SMILES string of the molecule is CC(C)OC(=O)C1C(=O)NNC(c2ccccc2)C1c1ccccc1. The highest BCUT2D eigenvalue weighted by Gasteiger charge is 2.45. The molecule has 1 aliphatic rings. The molecule has 0 spiro atoms. The van der Waals surface area contributed by atoms with E-state index in [0.717, 1.165) is 11.1 Å². The van der Waals surface area contributed by atoms with E-state index in [0.29, 0.717) is 0 Å². The lowest BCUT2D eigenvalue weighted by Crippen LogP contribution is -2.56. The zero-order chi connectivity index (χ0) is 17.8. The number of benzene rings is 2. The molecule has 1 heterocycles. The van der Waals surface area contributed by atoms with Gasteiger partial charge in [-0.3, -0.25) is 15.0 Å². The van der Waals surface area contributed by atoms with E-state index in [9.17, 15) is 9.59 Å². The lowest BCUT2D eigenvalue weighted by Gasteiger charge is -2.38. The fourth-order valence-corrected chi connectivity index (χ4v) is 3.24. The molecule has 25 heavy (non-hydrogen) atoms. The monoisotopic (exact) mass is 338 g/mol. The molecule has 2 aromatic rings. The van der Waals surface area contributed by atoms with E-state index in [1.54, 1.807) is 13.8 Å². The Morgan fingerprint density at radius 2 is 1.52 bits per heavy atom. The Bertz CT molecular complexity index is 731. The van der Waals surface area contributed by atoms with E-state index in [4.69, 9.17) is 4.74 Å². The molecule has 2 aromatic carbocycles. The van der Waals surface area contributed by atoms with Gasteiger partial charge in [-0.05, 0) is 25.0 Å². The first-order valence-corrected chi connectivity index (χ1v) is 8.43. The van der Waals surface area contributed by atoms with Crippen LogP contribution in [-0.4, -0.2) is 18.0 Å². The summed E-state index contributed by atoms with van der Waals surface area (Å²) in [5, 5.41) is 0. The first-order chi connectivity index (χ1) is 12.1. The van der Waals surface area contributed by atoms with Crippen molar-refractivity contribution in [2.24, 2.45) is 5.92 Å². The molecule has 5 nitrogen and oxygen atoms in total. The molecule has 1 amide bonds. The second-order valence-electron chi connectivity index (χ2n) is 6.42. The van der Waals surface area contributed by atoms with Crippen LogP contribution in [0.4, 0.5) is 0 Å². The normalized spacial score (nSPS) is 23.2. The Kier molecular flexibility index (Phi) is 5.14. The number of nitrogens with one attached hydrogen (secondary N) is 2. The number of ether oxygens (including phenoxy) is 1. The third-order valence-electron chi connectivity index (χ3n) is 4.30. The third kappa shape index (κ3) is 3.72. The van der Waals surface area contributed by atoms with Crippen molar-refractivity contribution in [2.45, 2.75) is 31.9 Å². The average molecular weight is 338 g/mol. The highest BCUT2D eigenvalue weighted by molar-refractivity contribution is 5.99. The van der Waals surface area contributed by atoms with Crippen LogP contribution < -0.4 is 10.9 Å². The van der Waals surface area contributed by atoms with E-state index in [-0.39, 0.29) is 24.0 Å². The standard InChI is InChI=1S/C20H22N2O3/c1-13(2)25-20(24)17-16(14-9-5-3-6-10-14)18(21-22-19(17)23)15-11-7-4-8-12-15/h3-13,16-18,21H,1-2H3,(H,22,23). The van der Waals surface area contributed by atoms with Gasteiger partial charge in [-0.15, -0.1) is 0 Å². The van der Waals surface area contributed by atoms with Gasteiger partial charge < -0.3 is 4.74 Å². The number of hydrazine groups is 1. The van der Waals surface area contributed by atoms with Crippen LogP contribution in [0.15, 0.2) is 60.7 Å². The topological polar surface area (TPSA) is 67.4 Å². The fraction of sp³-hybridized carbons (Fsp3) is 0.300. The van der Waals surface area contributed by atoms with Crippen molar-refractivity contribution in [1.82, 2.24) is 10.9 Å². The highest BCUT2D eigenvalue weighted by Crippen LogP contribution is 2.39. The van der Waals surface area contributed by atoms with Gasteiger partial charge in [-0.1, -0.05) is 60.7 Å². The van der Waals surface area contributed by atoms with Crippen LogP contribution in [0.5, 0.6) is 0 Å². The first-order valence-electron chi connectivity index (χ1n) is 8.43. The molecule has 2 N–H and O–H groups in total. The Morgan fingerprint density at radius 1 is 0.960 bits per heavy atom. The van der Waals surface area contributed by atoms with Crippen molar-refractivity contribution in [2.75, 3.05) is 0 Å². The molecule has 1 saturated heterocycles. The molecule has 3 unspecified atom stereocenters. The van der Waals surface area contributed by atoms with Crippen molar-refractivity contribution in [3.05, 3.63) is 71.8 Å². The number of hydrogen-bond acceptors (Lipinski definition) is 4. The minimum atomic E-state index is -0.906. The van der Waals surface area contributed by atoms with Crippen LogP contribution in [0, 0.1) is 5.92 Å². The number of carbonyl (C=O) groups is 2. The summed E-state index contributed by atoms with van der Waals surface area (Å²) in [7, 11) is 0. The van der Waals surface area contributed by atoms with Crippen molar-refractivity contribution in [3.8, 4) is 0 Å². The van der Waals surface area contributed by atoms with Gasteiger partial charge in [0, 0.05) is 5.92 Å². The molecule has 3 atom stereocenters. The predicted octanol–water partition coefficient (Wildman–Crippen LogP) is 2.71. The molecule has 0 radical (unpaired) electrons. The van der Waals surface area contributed by atoms with Gasteiger partial charge in [0.05, 0.1) is 12.1 Å². The summed E-state index contributed by atoms with van der Waals surface area (Å²) < 4.78 is 5.37. The lowest BCUT2D eigenvalue weighted by molar-refractivity contribution is -0.159. The molecule has 130 valence electrons. The summed E-state index contributed by atoms with van der Waals surface area (Å²) in [6, 6.07) is 19.2. The van der Waals surface area contributed by atoms with Crippen LogP contribution in [0.1, 0.15) is 36.9 Å². The number of rotatable bonds is 4. The van der Waals surface area contributed by atoms with Crippen molar-refractivity contribution in [1.29, 1.82) is 0 Å². The van der Waals surface area contributed by atoms with E-state index < -0.39 is 11.9 Å². The number of carbonyl (C=O) groups excluding carboxylic acids is 2.